The summed E-state index contributed by atoms with van der Waals surface area (Å²) in [6.45, 7) is 0. The molecule has 0 heteroatoms. The van der Waals surface area contributed by atoms with Gasteiger partial charge < -0.3 is 0 Å². The largest absolute Gasteiger partial charge is 0.0620 e. The third kappa shape index (κ3) is 1.52. The van der Waals surface area contributed by atoms with Crippen LogP contribution in [0.1, 0.15) is 34.6 Å². The van der Waals surface area contributed by atoms with Crippen LogP contribution in [0.2, 0.25) is 0 Å². The van der Waals surface area contributed by atoms with E-state index in [1.54, 1.807) is 11.1 Å². The van der Waals surface area contributed by atoms with Gasteiger partial charge in [-0.1, -0.05) is 48.5 Å². The Bertz CT molecular complexity index is 557. The van der Waals surface area contributed by atoms with Crippen LogP contribution in [-0.4, -0.2) is 0 Å². The van der Waals surface area contributed by atoms with Crippen molar-refractivity contribution in [3.8, 4) is 0 Å². The molecular weight excluding hydrogens is 216 g/mol. The smallest absolute Gasteiger partial charge is 0.0211 e. The van der Waals surface area contributed by atoms with Crippen molar-refractivity contribution in [2.24, 2.45) is 5.92 Å². The maximum Gasteiger partial charge on any atom is 0.0211 e. The third-order valence-corrected chi connectivity index (χ3v) is 4.46. The molecule has 0 aliphatic heterocycles. The number of aryl methyl sites for hydroxylation is 1. The van der Waals surface area contributed by atoms with Crippen molar-refractivity contribution in [3.63, 3.8) is 0 Å². The molecule has 2 radical (unpaired) electrons. The first-order valence-electron chi connectivity index (χ1n) is 6.84. The molecule has 88 valence electrons. The van der Waals surface area contributed by atoms with Crippen molar-refractivity contribution < 1.29 is 0 Å². The first kappa shape index (κ1) is 10.4. The SMILES string of the molecule is [C]1c2ccccc2CC1C1CCc2ccccc21. The van der Waals surface area contributed by atoms with E-state index in [9.17, 15) is 0 Å². The predicted molar refractivity (Wildman–Crippen MR) is 73.5 cm³/mol. The zero-order chi connectivity index (χ0) is 11.9. The van der Waals surface area contributed by atoms with Crippen molar-refractivity contribution in [2.45, 2.75) is 25.2 Å². The minimum absolute atomic E-state index is 0.589. The number of rotatable bonds is 1. The van der Waals surface area contributed by atoms with Crippen LogP contribution in [-0.2, 0) is 12.8 Å². The summed E-state index contributed by atoms with van der Waals surface area (Å²) in [5, 5.41) is 0. The molecule has 4 rings (SSSR count). The van der Waals surface area contributed by atoms with Crippen molar-refractivity contribution in [1.29, 1.82) is 0 Å². The van der Waals surface area contributed by atoms with Gasteiger partial charge in [0.1, 0.15) is 0 Å². The van der Waals surface area contributed by atoms with E-state index in [1.807, 2.05) is 0 Å². The molecule has 0 aromatic heterocycles. The fraction of sp³-hybridized carbons (Fsp3) is 0.278. The normalized spacial score (nSPS) is 21.9. The lowest BCUT2D eigenvalue weighted by molar-refractivity contribution is 0.497. The van der Waals surface area contributed by atoms with Crippen molar-refractivity contribution >= 4 is 0 Å². The molecule has 2 aliphatic carbocycles. The molecule has 2 aromatic rings. The highest BCUT2D eigenvalue weighted by molar-refractivity contribution is 5.43. The minimum Gasteiger partial charge on any atom is -0.0620 e. The highest BCUT2D eigenvalue weighted by Crippen LogP contribution is 2.44. The second kappa shape index (κ2) is 3.98. The van der Waals surface area contributed by atoms with Gasteiger partial charge in [-0.3, -0.25) is 0 Å². The molecule has 2 unspecified atom stereocenters. The second-order valence-electron chi connectivity index (χ2n) is 5.46. The Morgan fingerprint density at radius 3 is 2.56 bits per heavy atom. The molecule has 0 nitrogen and oxygen atoms in total. The minimum atomic E-state index is 0.589. The summed E-state index contributed by atoms with van der Waals surface area (Å²) in [6, 6.07) is 17.7. The van der Waals surface area contributed by atoms with E-state index < -0.39 is 0 Å². The van der Waals surface area contributed by atoms with E-state index in [0.29, 0.717) is 11.8 Å². The van der Waals surface area contributed by atoms with Crippen LogP contribution < -0.4 is 0 Å². The standard InChI is InChI=1S/C18H16/c1-2-7-15-12-16(11-14(15)6-1)18-10-9-13-5-3-4-8-17(13)18/h1-8,16,18H,9-11H2. The summed E-state index contributed by atoms with van der Waals surface area (Å²) in [7, 11) is 0. The maximum absolute atomic E-state index is 3.72. The lowest BCUT2D eigenvalue weighted by atomic mass is 9.85. The summed E-state index contributed by atoms with van der Waals surface area (Å²) in [5.41, 5.74) is 5.95. The molecule has 0 bridgehead atoms. The van der Waals surface area contributed by atoms with E-state index in [-0.39, 0.29) is 0 Å². The van der Waals surface area contributed by atoms with Gasteiger partial charge in [0.15, 0.2) is 0 Å². The number of hydrogen-bond acceptors (Lipinski definition) is 0. The van der Waals surface area contributed by atoms with Crippen LogP contribution in [0.15, 0.2) is 48.5 Å². The number of benzene rings is 2. The lowest BCUT2D eigenvalue weighted by Gasteiger charge is -2.18. The Kier molecular flexibility index (Phi) is 2.29. The summed E-state index contributed by atoms with van der Waals surface area (Å²) >= 11 is 0. The van der Waals surface area contributed by atoms with Crippen molar-refractivity contribution in [2.75, 3.05) is 0 Å². The van der Waals surface area contributed by atoms with Gasteiger partial charge in [0.05, 0.1) is 0 Å². The summed E-state index contributed by atoms with van der Waals surface area (Å²) in [6.07, 6.45) is 7.44. The Labute approximate surface area is 109 Å². The highest BCUT2D eigenvalue weighted by Gasteiger charge is 2.33. The molecule has 0 N–H and O–H groups in total. The van der Waals surface area contributed by atoms with Gasteiger partial charge in [-0.15, -0.1) is 0 Å². The Morgan fingerprint density at radius 1 is 0.889 bits per heavy atom. The topological polar surface area (TPSA) is 0 Å². The molecule has 0 saturated carbocycles. The van der Waals surface area contributed by atoms with E-state index >= 15 is 0 Å². The fourth-order valence-electron chi connectivity index (χ4n) is 3.58. The quantitative estimate of drug-likeness (QED) is 0.696. The molecule has 0 amide bonds. The van der Waals surface area contributed by atoms with Gasteiger partial charge in [0, 0.05) is 6.42 Å². The molecule has 18 heavy (non-hydrogen) atoms. The van der Waals surface area contributed by atoms with Gasteiger partial charge in [-0.25, -0.2) is 0 Å². The van der Waals surface area contributed by atoms with E-state index in [4.69, 9.17) is 0 Å². The van der Waals surface area contributed by atoms with Crippen LogP contribution >= 0.6 is 0 Å². The molecule has 0 spiro atoms. The summed E-state index contributed by atoms with van der Waals surface area (Å²) in [5.74, 6) is 1.28. The van der Waals surface area contributed by atoms with Gasteiger partial charge in [-0.2, -0.15) is 0 Å². The van der Waals surface area contributed by atoms with Crippen molar-refractivity contribution in [3.05, 3.63) is 77.2 Å². The average molecular weight is 232 g/mol. The lowest BCUT2D eigenvalue weighted by Crippen LogP contribution is -2.09. The Balaban J connectivity index is 1.65. The van der Waals surface area contributed by atoms with Crippen LogP contribution in [0.25, 0.3) is 0 Å². The first-order chi connectivity index (χ1) is 8.92. The van der Waals surface area contributed by atoms with E-state index in [1.165, 1.54) is 30.4 Å². The fourth-order valence-corrected chi connectivity index (χ4v) is 3.58. The Morgan fingerprint density at radius 2 is 1.67 bits per heavy atom. The Hall–Kier alpha value is -1.56. The summed E-state index contributed by atoms with van der Waals surface area (Å²) < 4.78 is 0. The molecule has 2 aliphatic rings. The third-order valence-electron chi connectivity index (χ3n) is 4.46. The molecule has 2 aromatic carbocycles. The molecule has 0 heterocycles. The zero-order valence-corrected chi connectivity index (χ0v) is 10.4. The predicted octanol–water partition coefficient (Wildman–Crippen LogP) is 4.02. The first-order valence-corrected chi connectivity index (χ1v) is 6.84. The molecule has 2 atom stereocenters. The van der Waals surface area contributed by atoms with Crippen molar-refractivity contribution in [1.82, 2.24) is 0 Å². The average Bonchev–Trinajstić information content (AvgIpc) is 3.02. The van der Waals surface area contributed by atoms with Gasteiger partial charge in [-0.05, 0) is 53.4 Å². The van der Waals surface area contributed by atoms with E-state index in [2.05, 4.69) is 55.0 Å². The summed E-state index contributed by atoms with van der Waals surface area (Å²) in [4.78, 5) is 0. The van der Waals surface area contributed by atoms with E-state index in [0.717, 1.165) is 0 Å². The van der Waals surface area contributed by atoms with Crippen LogP contribution in [0.5, 0.6) is 0 Å². The van der Waals surface area contributed by atoms with Crippen LogP contribution in [0, 0.1) is 12.3 Å². The molecule has 0 fully saturated rings. The van der Waals surface area contributed by atoms with Crippen LogP contribution in [0.4, 0.5) is 0 Å². The van der Waals surface area contributed by atoms with Crippen LogP contribution in [0.3, 0.4) is 0 Å². The number of hydrogen-bond donors (Lipinski definition) is 0. The van der Waals surface area contributed by atoms with Gasteiger partial charge in [0.2, 0.25) is 0 Å². The van der Waals surface area contributed by atoms with Gasteiger partial charge >= 0.3 is 0 Å². The maximum atomic E-state index is 3.72. The molecule has 0 saturated heterocycles. The monoisotopic (exact) mass is 232 g/mol. The van der Waals surface area contributed by atoms with Gasteiger partial charge in [0.25, 0.3) is 0 Å². The molecular formula is C18H16. The number of fused-ring (bicyclic) bond motifs is 2. The highest BCUT2D eigenvalue weighted by atomic mass is 14.4. The second-order valence-corrected chi connectivity index (χ2v) is 5.46. The zero-order valence-electron chi connectivity index (χ0n) is 10.4.